The lowest BCUT2D eigenvalue weighted by molar-refractivity contribution is -0.145. The number of carbonyl (C=O) groups excluding carboxylic acids is 1. The van der Waals surface area contributed by atoms with Crippen molar-refractivity contribution in [3.8, 4) is 0 Å². The number of rotatable bonds is 3. The Bertz CT molecular complexity index is 177. The average molecular weight is 176 g/mol. The van der Waals surface area contributed by atoms with Crippen molar-refractivity contribution in [3.05, 3.63) is 0 Å². The van der Waals surface area contributed by atoms with Crippen molar-refractivity contribution in [2.45, 2.75) is 25.4 Å². The molecule has 0 aliphatic carbocycles. The highest BCUT2D eigenvalue weighted by Gasteiger charge is 2.34. The molecule has 0 aromatic carbocycles. The van der Waals surface area contributed by atoms with Crippen LogP contribution in [-0.2, 0) is 9.53 Å². The van der Waals surface area contributed by atoms with Gasteiger partial charge in [0.2, 0.25) is 5.91 Å². The lowest BCUT2D eigenvalue weighted by Gasteiger charge is -2.23. The van der Waals surface area contributed by atoms with Gasteiger partial charge in [0.15, 0.2) is 0 Å². The van der Waals surface area contributed by atoms with E-state index >= 15 is 0 Å². The van der Waals surface area contributed by atoms with Crippen LogP contribution in [0.15, 0.2) is 0 Å². The van der Waals surface area contributed by atoms with E-state index in [2.05, 4.69) is 4.74 Å². The van der Waals surface area contributed by atoms with Gasteiger partial charge in [0.25, 0.3) is 6.48 Å². The number of ether oxygens (including phenoxy) is 1. The van der Waals surface area contributed by atoms with Crippen molar-refractivity contribution < 1.29 is 13.9 Å². The van der Waals surface area contributed by atoms with Crippen LogP contribution in [0.2, 0.25) is 0 Å². The molecule has 2 atom stereocenters. The number of alkyl halides is 1. The predicted molar refractivity (Wildman–Crippen MR) is 40.8 cm³/mol. The molecule has 1 aliphatic rings. The van der Waals surface area contributed by atoms with E-state index in [0.717, 1.165) is 6.42 Å². The fraction of sp³-hybridized carbons (Fsp3) is 0.857. The first-order chi connectivity index (χ1) is 5.66. The van der Waals surface area contributed by atoms with Gasteiger partial charge in [-0.3, -0.25) is 4.79 Å². The first kappa shape index (κ1) is 9.41. The summed E-state index contributed by atoms with van der Waals surface area (Å²) in [5.74, 6) is -0.479. The van der Waals surface area contributed by atoms with E-state index in [1.54, 1.807) is 0 Å². The van der Waals surface area contributed by atoms with Crippen molar-refractivity contribution in [1.29, 1.82) is 0 Å². The minimum Gasteiger partial charge on any atom is -0.368 e. The molecule has 1 fully saturated rings. The Hall–Kier alpha value is -0.680. The number of hydrogen-bond donors (Lipinski definition) is 1. The monoisotopic (exact) mass is 176 g/mol. The Morgan fingerprint density at radius 2 is 2.50 bits per heavy atom. The summed E-state index contributed by atoms with van der Waals surface area (Å²) in [4.78, 5) is 12.1. The van der Waals surface area contributed by atoms with Gasteiger partial charge in [0.1, 0.15) is 0 Å². The molecule has 1 amide bonds. The third kappa shape index (κ3) is 1.73. The van der Waals surface area contributed by atoms with Crippen LogP contribution < -0.4 is 5.73 Å². The second-order valence-corrected chi connectivity index (χ2v) is 2.83. The summed E-state index contributed by atoms with van der Waals surface area (Å²) in [6, 6.07) is -0.500. The summed E-state index contributed by atoms with van der Waals surface area (Å²) in [6.07, 6.45) is 1.41. The van der Waals surface area contributed by atoms with E-state index < -0.39 is 18.4 Å². The van der Waals surface area contributed by atoms with Crippen LogP contribution in [0.1, 0.15) is 12.8 Å². The number of likely N-dealkylation sites (tertiary alicyclic amines) is 1. The third-order valence-corrected chi connectivity index (χ3v) is 2.08. The zero-order valence-corrected chi connectivity index (χ0v) is 7.00. The minimum absolute atomic E-state index is 0.479. The van der Waals surface area contributed by atoms with Crippen LogP contribution >= 0.6 is 0 Å². The summed E-state index contributed by atoms with van der Waals surface area (Å²) in [5.41, 5.74) is 5.08. The minimum atomic E-state index is -1.51. The molecule has 0 radical (unpaired) electrons. The molecule has 1 heterocycles. The van der Waals surface area contributed by atoms with Crippen molar-refractivity contribution in [2.24, 2.45) is 5.73 Å². The average Bonchev–Trinajstić information content (AvgIpc) is 2.50. The van der Waals surface area contributed by atoms with Gasteiger partial charge < -0.3 is 10.5 Å². The highest BCUT2D eigenvalue weighted by atomic mass is 19.1. The number of primary amides is 1. The fourth-order valence-corrected chi connectivity index (χ4v) is 1.47. The number of carbonyl (C=O) groups is 1. The first-order valence-corrected chi connectivity index (χ1v) is 3.88. The van der Waals surface area contributed by atoms with Crippen LogP contribution in [0.25, 0.3) is 0 Å². The summed E-state index contributed by atoms with van der Waals surface area (Å²) >= 11 is 0. The Balaban J connectivity index is 2.57. The topological polar surface area (TPSA) is 55.6 Å². The molecule has 0 bridgehead atoms. The van der Waals surface area contributed by atoms with Crippen LogP contribution in [0.5, 0.6) is 0 Å². The molecule has 0 saturated carbocycles. The van der Waals surface area contributed by atoms with Gasteiger partial charge in [-0.05, 0) is 12.8 Å². The molecule has 4 nitrogen and oxygen atoms in total. The molecule has 2 unspecified atom stereocenters. The van der Waals surface area contributed by atoms with Crippen LogP contribution in [0, 0.1) is 0 Å². The van der Waals surface area contributed by atoms with Crippen molar-refractivity contribution in [2.75, 3.05) is 13.7 Å². The molecule has 0 aromatic rings. The maximum Gasteiger partial charge on any atom is 0.258 e. The quantitative estimate of drug-likeness (QED) is 0.608. The highest BCUT2D eigenvalue weighted by Crippen LogP contribution is 2.20. The fourth-order valence-electron chi connectivity index (χ4n) is 1.47. The second kappa shape index (κ2) is 3.82. The Morgan fingerprint density at radius 1 is 1.83 bits per heavy atom. The predicted octanol–water partition coefficient (Wildman–Crippen LogP) is -0.164. The van der Waals surface area contributed by atoms with E-state index in [9.17, 15) is 9.18 Å². The smallest absolute Gasteiger partial charge is 0.258 e. The zero-order chi connectivity index (χ0) is 9.14. The zero-order valence-electron chi connectivity index (χ0n) is 7.00. The van der Waals surface area contributed by atoms with Crippen molar-refractivity contribution >= 4 is 5.91 Å². The largest absolute Gasteiger partial charge is 0.368 e. The SMILES string of the molecule is COC(F)N1CCCC1C(N)=O. The van der Waals surface area contributed by atoms with Crippen LogP contribution in [-0.4, -0.2) is 37.0 Å². The van der Waals surface area contributed by atoms with E-state index in [4.69, 9.17) is 5.73 Å². The number of hydrogen-bond acceptors (Lipinski definition) is 3. The van der Waals surface area contributed by atoms with Gasteiger partial charge in [-0.15, -0.1) is 0 Å². The standard InChI is InChI=1S/C7H13FN2O2/c1-12-7(8)10-4-2-3-5(10)6(9)11/h5,7H,2-4H2,1H3,(H2,9,11). The molecule has 1 saturated heterocycles. The Kier molecular flexibility index (Phi) is 2.99. The van der Waals surface area contributed by atoms with Crippen molar-refractivity contribution in [3.63, 3.8) is 0 Å². The summed E-state index contributed by atoms with van der Waals surface area (Å²) < 4.78 is 17.4. The highest BCUT2D eigenvalue weighted by molar-refractivity contribution is 5.80. The van der Waals surface area contributed by atoms with Gasteiger partial charge in [0, 0.05) is 13.7 Å². The van der Waals surface area contributed by atoms with E-state index in [0.29, 0.717) is 13.0 Å². The van der Waals surface area contributed by atoms with E-state index in [-0.39, 0.29) is 0 Å². The first-order valence-electron chi connectivity index (χ1n) is 3.88. The van der Waals surface area contributed by atoms with E-state index in [1.807, 2.05) is 0 Å². The van der Waals surface area contributed by atoms with Crippen molar-refractivity contribution in [1.82, 2.24) is 4.90 Å². The Morgan fingerprint density at radius 3 is 3.00 bits per heavy atom. The summed E-state index contributed by atoms with van der Waals surface area (Å²) in [5, 5.41) is 0. The van der Waals surface area contributed by atoms with Crippen LogP contribution in [0.3, 0.4) is 0 Å². The maximum absolute atomic E-state index is 12.9. The maximum atomic E-state index is 12.9. The number of nitrogens with two attached hydrogens (primary N) is 1. The molecule has 0 aromatic heterocycles. The number of halogens is 1. The van der Waals surface area contributed by atoms with Gasteiger partial charge in [0.05, 0.1) is 6.04 Å². The molecule has 0 spiro atoms. The van der Waals surface area contributed by atoms with Gasteiger partial charge in [-0.25, -0.2) is 4.90 Å². The normalized spacial score (nSPS) is 27.3. The molecule has 1 aliphatic heterocycles. The van der Waals surface area contributed by atoms with E-state index in [1.165, 1.54) is 12.0 Å². The lowest BCUT2D eigenvalue weighted by Crippen LogP contribution is -2.44. The molecule has 12 heavy (non-hydrogen) atoms. The molecule has 5 heteroatoms. The molecule has 1 rings (SSSR count). The lowest BCUT2D eigenvalue weighted by atomic mass is 10.2. The Labute approximate surface area is 70.5 Å². The summed E-state index contributed by atoms with van der Waals surface area (Å²) in [6.45, 7) is -0.979. The number of amides is 1. The molecule has 2 N–H and O–H groups in total. The molecule has 70 valence electrons. The number of nitrogens with zero attached hydrogens (tertiary/aromatic N) is 1. The third-order valence-electron chi connectivity index (χ3n) is 2.08. The summed E-state index contributed by atoms with van der Waals surface area (Å²) in [7, 11) is 1.26. The van der Waals surface area contributed by atoms with Crippen LogP contribution in [0.4, 0.5) is 4.39 Å². The molecular formula is C7H13FN2O2. The van der Waals surface area contributed by atoms with Gasteiger partial charge >= 0.3 is 0 Å². The second-order valence-electron chi connectivity index (χ2n) is 2.83. The number of methoxy groups -OCH3 is 1. The van der Waals surface area contributed by atoms with Gasteiger partial charge in [-0.2, -0.15) is 4.39 Å². The molecular weight excluding hydrogens is 163 g/mol. The van der Waals surface area contributed by atoms with Gasteiger partial charge in [-0.1, -0.05) is 0 Å².